The predicted molar refractivity (Wildman–Crippen MR) is 398 cm³/mol. The minimum absolute atomic E-state index is 0.0146. The predicted octanol–water partition coefficient (Wildman–Crippen LogP) is 17.9. The number of carbonyl (C=O) groups is 2. The highest BCUT2D eigenvalue weighted by molar-refractivity contribution is 7.99. The van der Waals surface area contributed by atoms with Crippen LogP contribution in [0.15, 0.2) is 171 Å². The number of hydrogen-bond donors (Lipinski definition) is 0. The molecule has 15 rings (SSSR count). The van der Waals surface area contributed by atoms with Crippen LogP contribution in [0.1, 0.15) is 177 Å². The van der Waals surface area contributed by atoms with Gasteiger partial charge in [0.1, 0.15) is 28.8 Å². The van der Waals surface area contributed by atoms with Crippen molar-refractivity contribution >= 4 is 85.6 Å². The molecule has 6 aromatic carbocycles. The van der Waals surface area contributed by atoms with Gasteiger partial charge in [0.05, 0.1) is 34.2 Å². The number of fused-ring (bicyclic) bond motifs is 3. The van der Waals surface area contributed by atoms with E-state index >= 15 is 0 Å². The van der Waals surface area contributed by atoms with E-state index in [1.165, 1.54) is 118 Å². The molecule has 13 nitrogen and oxygen atoms in total. The molecule has 0 spiro atoms. The highest BCUT2D eigenvalue weighted by Gasteiger charge is 2.68. The maximum absolute atomic E-state index is 13.5. The number of Topliss-reactive ketones (excluding diaryl/α,β-unsaturated/α-hetero) is 1. The van der Waals surface area contributed by atoms with Crippen LogP contribution < -0.4 is 4.74 Å². The second kappa shape index (κ2) is 35.9. The zero-order chi connectivity index (χ0) is 75.3. The van der Waals surface area contributed by atoms with Crippen molar-refractivity contribution in [2.24, 2.45) is 40.9 Å². The van der Waals surface area contributed by atoms with Crippen molar-refractivity contribution in [3.8, 4) is 5.75 Å². The van der Waals surface area contributed by atoms with Gasteiger partial charge in [0.2, 0.25) is 5.78 Å². The Morgan fingerprint density at radius 1 is 0.558 bits per heavy atom. The number of benzene rings is 6. The summed E-state index contributed by atoms with van der Waals surface area (Å²) >= 11 is 0. The van der Waals surface area contributed by atoms with E-state index < -0.39 is 64.6 Å². The first-order valence-electron chi connectivity index (χ1n) is 36.3. The first-order chi connectivity index (χ1) is 49.1. The van der Waals surface area contributed by atoms with Gasteiger partial charge < -0.3 is 23.1 Å². The van der Waals surface area contributed by atoms with Crippen molar-refractivity contribution in [1.29, 1.82) is 0 Å². The smallest absolute Gasteiger partial charge is 0.428 e. The van der Waals surface area contributed by atoms with Crippen molar-refractivity contribution in [3.05, 3.63) is 163 Å². The van der Waals surface area contributed by atoms with Gasteiger partial charge in [-0.05, 0) is 212 Å². The van der Waals surface area contributed by atoms with Crippen LogP contribution in [0.2, 0.25) is 0 Å². The highest BCUT2D eigenvalue weighted by Crippen LogP contribution is 2.61. The van der Waals surface area contributed by atoms with Crippen LogP contribution in [0.3, 0.4) is 0 Å². The summed E-state index contributed by atoms with van der Waals surface area (Å²) in [7, 11) is -15.6. The molecule has 104 heavy (non-hydrogen) atoms. The molecular weight excluding hydrogens is 1460 g/mol. The van der Waals surface area contributed by atoms with Gasteiger partial charge in [-0.2, -0.15) is 26.3 Å². The van der Waals surface area contributed by atoms with Crippen molar-refractivity contribution in [3.63, 3.8) is 0 Å². The fraction of sp³-hybridized carbons (Fsp3) is 0.544. The number of halogens is 6. The van der Waals surface area contributed by atoms with Gasteiger partial charge in [-0.25, -0.2) is 30.0 Å². The molecule has 0 aromatic heterocycles. The normalized spacial score (nSPS) is 23.4. The van der Waals surface area contributed by atoms with Crippen LogP contribution in [0, 0.1) is 40.9 Å². The van der Waals surface area contributed by atoms with E-state index in [1.807, 2.05) is 0 Å². The maximum atomic E-state index is 13.5. The third kappa shape index (κ3) is 21.2. The lowest BCUT2D eigenvalue weighted by molar-refractivity contribution is -0.202. The molecule has 570 valence electrons. The number of carbonyl (C=O) groups excluding carboxylic acids is 2. The van der Waals surface area contributed by atoms with Crippen molar-refractivity contribution < 1.29 is 84.3 Å². The molecule has 25 heteroatoms. The third-order valence-electron chi connectivity index (χ3n) is 21.6. The zero-order valence-electron chi connectivity index (χ0n) is 59.6. The van der Waals surface area contributed by atoms with E-state index in [1.54, 1.807) is 4.90 Å². The Kier molecular flexibility index (Phi) is 28.7. The molecule has 0 N–H and O–H groups in total. The van der Waals surface area contributed by atoms with E-state index in [-0.39, 0.29) is 50.9 Å². The van der Waals surface area contributed by atoms with Crippen LogP contribution in [-0.2, 0) is 72.6 Å². The maximum Gasteiger partial charge on any atom is 0.428 e. The Bertz CT molecular complexity index is 3980. The summed E-state index contributed by atoms with van der Waals surface area (Å²) < 4.78 is 179. The van der Waals surface area contributed by atoms with E-state index in [0.717, 1.165) is 68.8 Å². The van der Waals surface area contributed by atoms with Crippen molar-refractivity contribution in [2.45, 2.75) is 202 Å². The number of ketones is 1. The molecule has 0 radical (unpaired) electrons. The lowest BCUT2D eigenvalue weighted by Crippen LogP contribution is -2.52. The Hall–Kier alpha value is -5.12. The van der Waals surface area contributed by atoms with Crippen LogP contribution >= 0.6 is 0 Å². The lowest BCUT2D eigenvalue weighted by atomic mass is 9.50. The average Bonchev–Trinajstić information content (AvgIpc) is 1.24. The van der Waals surface area contributed by atoms with E-state index in [2.05, 4.69) is 177 Å². The van der Waals surface area contributed by atoms with Gasteiger partial charge in [0.25, 0.3) is 0 Å². The van der Waals surface area contributed by atoms with Crippen LogP contribution in [0.4, 0.5) is 26.3 Å². The minimum Gasteiger partial charge on any atom is -0.748 e. The molecule has 7 saturated carbocycles. The fourth-order valence-corrected chi connectivity index (χ4v) is 24.9. The standard InChI is InChI=1S/C20H29OS.C18H23OS.C18H15S.C13H18F2O5S.C9H12F4O3S.CH4O3S/c1-20(2,22-14-6-7-15-22)19(21)18-12-10-17(11-13-18)16-8-4-3-5-9-16;1-2-3-12-19-17-10-11-18(20-13-6-7-14-20)16-9-5-4-8-15(16)17;1-4-10-16(11-5-1)19(17-12-6-2-7-13-17)18-14-8-3-9-15-18;14-13(15,21(17,18)19)11(16)20-7-12-4-8-1-9(5-12)3-10(2-8)6-12;10-8(11,9(12,13)17(14,15)16)7-4-5-1-2-6(7)3-5;1-5(2,3)4/h10-13,16H,3-9,14-15H2,1-2H3;4-5,8-11H,2-3,6-7,12-14H2,1H3;1-15H;8-10H,1-7H2,(H,17,18,19);5-7H,1-4H2,(H,14,15,16);1H3,(H,2,3,4)/q3*+1;;;/p-3. The Morgan fingerprint density at radius 2 is 1.04 bits per heavy atom. The number of unbranched alkanes of at least 4 members (excludes halogenated alkanes) is 1. The minimum atomic E-state index is -6.35. The molecule has 2 aliphatic heterocycles. The molecule has 6 bridgehead atoms. The SMILES string of the molecule is CC(C)(C(=O)c1ccc(C2CCCCC2)cc1)[S+]1CCCC1.CCCCOc1ccc([S+]2CCCC2)c2ccccc12.CS(=O)(=O)[O-].O=C(OCC12CC3CC(CC(C3)C1)C2)C(F)(F)S(=O)(=O)[O-].O=S(=O)([O-])C(F)(F)C(F)(F)C1CC2CCC1C2.c1ccc([S+](c2ccccc2)c2ccccc2)cc1. The second-order valence-electron chi connectivity index (χ2n) is 29.6. The fourth-order valence-electron chi connectivity index (χ4n) is 16.8. The Labute approximate surface area is 619 Å². The van der Waals surface area contributed by atoms with Gasteiger partial charge in [-0.15, -0.1) is 0 Å². The summed E-state index contributed by atoms with van der Waals surface area (Å²) in [6.07, 6.45) is 22.5. The first-order valence-corrected chi connectivity index (χ1v) is 45.3. The summed E-state index contributed by atoms with van der Waals surface area (Å²) in [5, 5.41) is -7.82. The molecular formula is C79H98F6O13S6. The topological polar surface area (TPSA) is 224 Å². The number of rotatable bonds is 19. The monoisotopic (exact) mass is 1560 g/mol. The van der Waals surface area contributed by atoms with Gasteiger partial charge in [0.15, 0.2) is 44.6 Å². The molecule has 3 atom stereocenters. The van der Waals surface area contributed by atoms with Crippen LogP contribution in [0.5, 0.6) is 5.75 Å². The second-order valence-corrected chi connectivity index (χ2v) is 41.0. The van der Waals surface area contributed by atoms with Crippen molar-refractivity contribution in [1.82, 2.24) is 0 Å². The molecule has 6 aromatic rings. The molecule has 2 saturated heterocycles. The number of alkyl halides is 6. The Morgan fingerprint density at radius 3 is 1.49 bits per heavy atom. The third-order valence-corrected chi connectivity index (χ3v) is 31.2. The molecule has 3 unspecified atom stereocenters. The van der Waals surface area contributed by atoms with Crippen molar-refractivity contribution in [2.75, 3.05) is 42.5 Å². The van der Waals surface area contributed by atoms with E-state index in [4.69, 9.17) is 17.7 Å². The van der Waals surface area contributed by atoms with Crippen LogP contribution in [0.25, 0.3) is 10.8 Å². The first kappa shape index (κ1) is 82.9. The molecule has 0 amide bonds. The van der Waals surface area contributed by atoms with E-state index in [9.17, 15) is 61.9 Å². The van der Waals surface area contributed by atoms with Gasteiger partial charge in [-0.1, -0.05) is 136 Å². The molecule has 2 heterocycles. The summed E-state index contributed by atoms with van der Waals surface area (Å²) in [4.78, 5) is 29.8. The highest BCUT2D eigenvalue weighted by atomic mass is 32.2. The molecule has 7 aliphatic carbocycles. The van der Waals surface area contributed by atoms with Gasteiger partial charge >= 0.3 is 22.4 Å². The summed E-state index contributed by atoms with van der Waals surface area (Å²) in [5.41, 5.74) is 2.06. The Balaban J connectivity index is 0.000000149. The number of hydrogen-bond acceptors (Lipinski definition) is 13. The van der Waals surface area contributed by atoms with Gasteiger partial charge in [0, 0.05) is 55.7 Å². The number of ether oxygens (including phenoxy) is 2. The summed E-state index contributed by atoms with van der Waals surface area (Å²) in [5.74, 6) is -0.296. The average molecular weight is 1560 g/mol. The molecule has 9 aliphatic rings. The zero-order valence-corrected chi connectivity index (χ0v) is 64.5. The quantitative estimate of drug-likeness (QED) is 0.0184. The number of esters is 1. The largest absolute Gasteiger partial charge is 0.748 e. The summed E-state index contributed by atoms with van der Waals surface area (Å²) in [6.45, 7) is 7.15. The van der Waals surface area contributed by atoms with Gasteiger partial charge in [-0.3, -0.25) is 4.79 Å². The van der Waals surface area contributed by atoms with Crippen LogP contribution in [-0.4, -0.2) is 114 Å². The lowest BCUT2D eigenvalue weighted by Gasteiger charge is -2.56. The summed E-state index contributed by atoms with van der Waals surface area (Å²) in [6, 6.07) is 54.0. The van der Waals surface area contributed by atoms with E-state index in [0.29, 0.717) is 60.0 Å². The molecule has 9 fully saturated rings.